The molecule has 0 radical (unpaired) electrons. The van der Waals surface area contributed by atoms with Gasteiger partial charge in [-0.3, -0.25) is 14.5 Å². The summed E-state index contributed by atoms with van der Waals surface area (Å²) in [7, 11) is 0. The van der Waals surface area contributed by atoms with Crippen LogP contribution in [-0.4, -0.2) is 80.7 Å². The summed E-state index contributed by atoms with van der Waals surface area (Å²) >= 11 is 0. The molecule has 1 N–H and O–H groups in total. The van der Waals surface area contributed by atoms with E-state index in [1.807, 2.05) is 25.7 Å². The van der Waals surface area contributed by atoms with E-state index in [4.69, 9.17) is 14.2 Å². The van der Waals surface area contributed by atoms with Gasteiger partial charge in [0.05, 0.1) is 26.4 Å². The molecule has 1 fully saturated rings. The normalized spacial score (nSPS) is 14.3. The van der Waals surface area contributed by atoms with E-state index in [1.165, 1.54) is 0 Å². The van der Waals surface area contributed by atoms with Gasteiger partial charge in [0.25, 0.3) is 5.91 Å². The Labute approximate surface area is 185 Å². The second kappa shape index (κ2) is 13.0. The molecule has 0 spiro atoms. The summed E-state index contributed by atoms with van der Waals surface area (Å²) < 4.78 is 17.2. The molecule has 0 aliphatic carbocycles. The minimum absolute atomic E-state index is 0.0439. The van der Waals surface area contributed by atoms with Crippen molar-refractivity contribution in [2.45, 2.75) is 40.5 Å². The molecule has 31 heavy (non-hydrogen) atoms. The second-order valence-electron chi connectivity index (χ2n) is 7.37. The van der Waals surface area contributed by atoms with Crippen molar-refractivity contribution >= 4 is 11.8 Å². The van der Waals surface area contributed by atoms with Crippen molar-refractivity contribution in [1.29, 1.82) is 0 Å². The first-order valence-electron chi connectivity index (χ1n) is 11.4. The Kier molecular flexibility index (Phi) is 10.4. The maximum absolute atomic E-state index is 13.2. The molecule has 1 aliphatic rings. The van der Waals surface area contributed by atoms with Crippen LogP contribution in [0.25, 0.3) is 0 Å². The van der Waals surface area contributed by atoms with Gasteiger partial charge in [0.15, 0.2) is 11.5 Å². The summed E-state index contributed by atoms with van der Waals surface area (Å²) in [6, 6.07) is 3.46. The quantitative estimate of drug-likeness (QED) is 0.508. The lowest BCUT2D eigenvalue weighted by molar-refractivity contribution is -0.122. The number of carbonyl (C=O) groups is 2. The number of benzene rings is 1. The Hall–Kier alpha value is -2.48. The first-order valence-corrected chi connectivity index (χ1v) is 11.4. The Morgan fingerprint density at radius 1 is 0.903 bits per heavy atom. The minimum Gasteiger partial charge on any atom is -0.490 e. The lowest BCUT2D eigenvalue weighted by Crippen LogP contribution is -2.51. The minimum atomic E-state index is -0.0722. The highest BCUT2D eigenvalue weighted by Gasteiger charge is 2.25. The van der Waals surface area contributed by atoms with Gasteiger partial charge in [0, 0.05) is 38.3 Å². The average molecular weight is 436 g/mol. The van der Waals surface area contributed by atoms with Gasteiger partial charge < -0.3 is 24.4 Å². The van der Waals surface area contributed by atoms with Crippen LogP contribution in [0.5, 0.6) is 17.2 Å². The van der Waals surface area contributed by atoms with E-state index in [-0.39, 0.29) is 11.8 Å². The first kappa shape index (κ1) is 24.8. The number of hydrogen-bond acceptors (Lipinski definition) is 6. The molecule has 0 atom stereocenters. The molecule has 8 nitrogen and oxygen atoms in total. The van der Waals surface area contributed by atoms with Crippen molar-refractivity contribution in [2.24, 2.45) is 0 Å². The molecule has 174 valence electrons. The number of piperazine rings is 1. The maximum Gasteiger partial charge on any atom is 0.254 e. The number of ether oxygens (including phenoxy) is 3. The smallest absolute Gasteiger partial charge is 0.254 e. The number of carbonyl (C=O) groups excluding carboxylic acids is 2. The third-order valence-electron chi connectivity index (χ3n) is 5.04. The fraction of sp³-hybridized carbons (Fsp3) is 0.652. The van der Waals surface area contributed by atoms with Crippen molar-refractivity contribution in [3.8, 4) is 17.2 Å². The van der Waals surface area contributed by atoms with Gasteiger partial charge in [-0.15, -0.1) is 0 Å². The summed E-state index contributed by atoms with van der Waals surface area (Å²) in [6.07, 6.45) is 2.05. The molecular weight excluding hydrogens is 398 g/mol. The van der Waals surface area contributed by atoms with Crippen LogP contribution in [0.4, 0.5) is 0 Å². The zero-order chi connectivity index (χ0) is 22.6. The Balaban J connectivity index is 2.03. The summed E-state index contributed by atoms with van der Waals surface area (Å²) in [4.78, 5) is 29.1. The van der Waals surface area contributed by atoms with Crippen LogP contribution in [-0.2, 0) is 4.79 Å². The van der Waals surface area contributed by atoms with Crippen LogP contribution in [0.15, 0.2) is 12.1 Å². The molecule has 0 saturated carbocycles. The number of hydrogen-bond donors (Lipinski definition) is 1. The van der Waals surface area contributed by atoms with Gasteiger partial charge in [-0.1, -0.05) is 13.3 Å². The van der Waals surface area contributed by atoms with E-state index in [0.717, 1.165) is 19.4 Å². The highest BCUT2D eigenvalue weighted by Crippen LogP contribution is 2.39. The summed E-state index contributed by atoms with van der Waals surface area (Å²) in [5, 5.41) is 2.94. The van der Waals surface area contributed by atoms with Crippen molar-refractivity contribution in [2.75, 3.05) is 59.1 Å². The van der Waals surface area contributed by atoms with E-state index < -0.39 is 0 Å². The molecule has 2 rings (SSSR count). The van der Waals surface area contributed by atoms with E-state index in [9.17, 15) is 9.59 Å². The molecule has 1 aliphatic heterocycles. The summed E-state index contributed by atoms with van der Waals surface area (Å²) in [5.74, 6) is 1.53. The van der Waals surface area contributed by atoms with Gasteiger partial charge in [0.2, 0.25) is 11.7 Å². The fourth-order valence-electron chi connectivity index (χ4n) is 3.47. The maximum atomic E-state index is 13.2. The van der Waals surface area contributed by atoms with E-state index in [0.29, 0.717) is 75.4 Å². The summed E-state index contributed by atoms with van der Waals surface area (Å²) in [6.45, 7) is 12.7. The predicted molar refractivity (Wildman–Crippen MR) is 120 cm³/mol. The van der Waals surface area contributed by atoms with Crippen LogP contribution in [0.2, 0.25) is 0 Å². The van der Waals surface area contributed by atoms with Gasteiger partial charge >= 0.3 is 0 Å². The highest BCUT2D eigenvalue weighted by atomic mass is 16.5. The van der Waals surface area contributed by atoms with Gasteiger partial charge in [-0.2, -0.15) is 0 Å². The largest absolute Gasteiger partial charge is 0.490 e. The zero-order valence-corrected chi connectivity index (χ0v) is 19.4. The predicted octanol–water partition coefficient (Wildman–Crippen LogP) is 2.56. The molecule has 2 amide bonds. The van der Waals surface area contributed by atoms with Crippen LogP contribution >= 0.6 is 0 Å². The topological polar surface area (TPSA) is 80.3 Å². The lowest BCUT2D eigenvalue weighted by atomic mass is 10.1. The highest BCUT2D eigenvalue weighted by molar-refractivity contribution is 5.95. The third-order valence-corrected chi connectivity index (χ3v) is 5.04. The Bertz CT molecular complexity index is 690. The number of unbranched alkanes of at least 4 members (excludes halogenated alkanes) is 1. The molecular formula is C23H37N3O5. The van der Waals surface area contributed by atoms with Crippen molar-refractivity contribution in [3.63, 3.8) is 0 Å². The SMILES string of the molecule is CCCCNC(=O)CN1CCN(C(=O)c2cc(OCC)c(OCC)c(OCC)c2)CC1. The second-order valence-corrected chi connectivity index (χ2v) is 7.37. The lowest BCUT2D eigenvalue weighted by Gasteiger charge is -2.34. The molecule has 8 heteroatoms. The number of nitrogens with one attached hydrogen (secondary N) is 1. The first-order chi connectivity index (χ1) is 15.0. The molecule has 0 unspecified atom stereocenters. The van der Waals surface area contributed by atoms with Gasteiger partial charge in [-0.05, 0) is 39.3 Å². The Morgan fingerprint density at radius 2 is 1.48 bits per heavy atom. The fourth-order valence-corrected chi connectivity index (χ4v) is 3.47. The molecule has 1 saturated heterocycles. The van der Waals surface area contributed by atoms with Gasteiger partial charge in [0.1, 0.15) is 0 Å². The van der Waals surface area contributed by atoms with Crippen molar-refractivity contribution in [3.05, 3.63) is 17.7 Å². The number of amides is 2. The third kappa shape index (κ3) is 7.31. The van der Waals surface area contributed by atoms with Crippen molar-refractivity contribution < 1.29 is 23.8 Å². The van der Waals surface area contributed by atoms with Gasteiger partial charge in [-0.25, -0.2) is 0 Å². The number of rotatable bonds is 12. The Morgan fingerprint density at radius 3 is 2.00 bits per heavy atom. The van der Waals surface area contributed by atoms with Crippen LogP contribution in [0, 0.1) is 0 Å². The van der Waals surface area contributed by atoms with Crippen LogP contribution < -0.4 is 19.5 Å². The zero-order valence-electron chi connectivity index (χ0n) is 19.4. The van der Waals surface area contributed by atoms with Crippen LogP contribution in [0.3, 0.4) is 0 Å². The molecule has 0 aromatic heterocycles. The van der Waals surface area contributed by atoms with Crippen molar-refractivity contribution in [1.82, 2.24) is 15.1 Å². The van der Waals surface area contributed by atoms with Crippen LogP contribution in [0.1, 0.15) is 50.9 Å². The molecule has 1 aromatic carbocycles. The van der Waals surface area contributed by atoms with E-state index in [2.05, 4.69) is 17.1 Å². The standard InChI is InChI=1S/C23H37N3O5/c1-5-9-10-24-21(27)17-25-11-13-26(14-12-25)23(28)18-15-19(29-6-2)22(31-8-4)20(16-18)30-7-3/h15-16H,5-14,17H2,1-4H3,(H,24,27). The molecule has 1 heterocycles. The molecule has 1 aromatic rings. The molecule has 0 bridgehead atoms. The number of nitrogens with zero attached hydrogens (tertiary/aromatic N) is 2. The average Bonchev–Trinajstić information content (AvgIpc) is 2.76. The van der Waals surface area contributed by atoms with E-state index >= 15 is 0 Å². The summed E-state index contributed by atoms with van der Waals surface area (Å²) in [5.41, 5.74) is 0.515. The van der Waals surface area contributed by atoms with E-state index in [1.54, 1.807) is 12.1 Å². The monoisotopic (exact) mass is 435 g/mol.